The van der Waals surface area contributed by atoms with Crippen LogP contribution in [0.4, 0.5) is 0 Å². The van der Waals surface area contributed by atoms with E-state index >= 15 is 0 Å². The highest BCUT2D eigenvalue weighted by atomic mass is 16.4. The number of carbonyl (C=O) groups is 1. The van der Waals surface area contributed by atoms with E-state index in [2.05, 4.69) is 16.9 Å². The van der Waals surface area contributed by atoms with Crippen LogP contribution in [0, 0.1) is 0 Å². The first kappa shape index (κ1) is 8.68. The summed E-state index contributed by atoms with van der Waals surface area (Å²) in [5.74, 6) is -0.911. The van der Waals surface area contributed by atoms with E-state index in [9.17, 15) is 4.79 Å². The van der Waals surface area contributed by atoms with Gasteiger partial charge in [0.05, 0.1) is 0 Å². The Morgan fingerprint density at radius 2 is 2.50 bits per heavy atom. The van der Waals surface area contributed by atoms with Gasteiger partial charge < -0.3 is 10.4 Å². The highest BCUT2D eigenvalue weighted by Crippen LogP contribution is 1.75. The summed E-state index contributed by atoms with van der Waals surface area (Å²) in [7, 11) is 1.59. The minimum Gasteiger partial charge on any atom is -0.480 e. The van der Waals surface area contributed by atoms with Crippen molar-refractivity contribution in [3.8, 4) is 0 Å². The fourth-order valence-corrected chi connectivity index (χ4v) is 0.391. The van der Waals surface area contributed by atoms with Crippen LogP contribution in [0.3, 0.4) is 0 Å². The van der Waals surface area contributed by atoms with E-state index in [0.29, 0.717) is 5.70 Å². The predicted octanol–water partition coefficient (Wildman–Crippen LogP) is -0.125. The molecular weight excluding hydrogens is 132 g/mol. The Balaban J connectivity index is 3.50. The maximum atomic E-state index is 9.96. The summed E-state index contributed by atoms with van der Waals surface area (Å²) in [6.45, 7) is 3.37. The van der Waals surface area contributed by atoms with Gasteiger partial charge in [0, 0.05) is 19.0 Å². The van der Waals surface area contributed by atoms with E-state index in [1.54, 1.807) is 7.05 Å². The molecule has 0 unspecified atom stereocenters. The summed E-state index contributed by atoms with van der Waals surface area (Å²) in [4.78, 5) is 13.6. The number of hydrogen-bond acceptors (Lipinski definition) is 3. The highest BCUT2D eigenvalue weighted by Gasteiger charge is 1.93. The second kappa shape index (κ2) is 4.55. The van der Waals surface area contributed by atoms with Gasteiger partial charge in [-0.05, 0) is 0 Å². The number of aliphatic carboxylic acids is 1. The minimum atomic E-state index is -0.911. The molecule has 0 rings (SSSR count). The van der Waals surface area contributed by atoms with Gasteiger partial charge in [-0.1, -0.05) is 6.58 Å². The second-order valence-corrected chi connectivity index (χ2v) is 1.66. The van der Waals surface area contributed by atoms with Gasteiger partial charge in [0.25, 0.3) is 0 Å². The average Bonchev–Trinajstić information content (AvgIpc) is 1.85. The number of nitrogens with zero attached hydrogens (tertiary/aromatic N) is 1. The summed E-state index contributed by atoms with van der Waals surface area (Å²) >= 11 is 0. The molecule has 0 aromatic rings. The van der Waals surface area contributed by atoms with Crippen molar-refractivity contribution in [2.75, 3.05) is 13.6 Å². The van der Waals surface area contributed by atoms with Gasteiger partial charge in [0.15, 0.2) is 0 Å². The maximum absolute atomic E-state index is 9.96. The third-order valence-electron chi connectivity index (χ3n) is 0.752. The van der Waals surface area contributed by atoms with Crippen LogP contribution >= 0.6 is 0 Å². The summed E-state index contributed by atoms with van der Waals surface area (Å²) in [6, 6.07) is 0. The lowest BCUT2D eigenvalue weighted by Crippen LogP contribution is -2.21. The second-order valence-electron chi connectivity index (χ2n) is 1.66. The summed E-state index contributed by atoms with van der Waals surface area (Å²) in [5, 5.41) is 10.7. The fraction of sp³-hybridized carbons (Fsp3) is 0.333. The number of aliphatic imine (C=N–C) groups is 1. The molecule has 0 aliphatic heterocycles. The maximum Gasteiger partial charge on any atom is 0.322 e. The van der Waals surface area contributed by atoms with Crippen LogP contribution in [0.2, 0.25) is 0 Å². The Hall–Kier alpha value is -1.32. The largest absolute Gasteiger partial charge is 0.480 e. The van der Waals surface area contributed by atoms with E-state index in [4.69, 9.17) is 5.11 Å². The van der Waals surface area contributed by atoms with Crippen LogP contribution in [0.1, 0.15) is 0 Å². The molecule has 0 saturated heterocycles. The number of rotatable bonds is 4. The van der Waals surface area contributed by atoms with Crippen LogP contribution in [0.15, 0.2) is 17.3 Å². The van der Waals surface area contributed by atoms with E-state index in [1.165, 1.54) is 6.21 Å². The third kappa shape index (κ3) is 4.83. The molecule has 0 fully saturated rings. The van der Waals surface area contributed by atoms with Crippen LogP contribution in [-0.4, -0.2) is 30.9 Å². The number of hydrogen-bond donors (Lipinski definition) is 2. The molecule has 0 aliphatic carbocycles. The Morgan fingerprint density at radius 1 is 1.90 bits per heavy atom. The van der Waals surface area contributed by atoms with Crippen molar-refractivity contribution in [2.45, 2.75) is 0 Å². The van der Waals surface area contributed by atoms with E-state index < -0.39 is 5.97 Å². The van der Waals surface area contributed by atoms with Gasteiger partial charge in [-0.15, -0.1) is 0 Å². The summed E-state index contributed by atoms with van der Waals surface area (Å²) in [5.41, 5.74) is 0.505. The van der Waals surface area contributed by atoms with Crippen molar-refractivity contribution in [1.29, 1.82) is 0 Å². The van der Waals surface area contributed by atoms with Crippen LogP contribution in [0.25, 0.3) is 0 Å². The molecule has 0 bridgehead atoms. The standard InChI is InChI=1S/C6H10N2O2/c1-5(3-7-2)8-4-6(9)10/h3,8H,1,4H2,2H3,(H,9,10)/b7-3-. The van der Waals surface area contributed by atoms with E-state index in [1.807, 2.05) is 0 Å². The van der Waals surface area contributed by atoms with Crippen molar-refractivity contribution in [1.82, 2.24) is 5.32 Å². The monoisotopic (exact) mass is 142 g/mol. The SMILES string of the molecule is C=C(/C=N\C)NCC(=O)O. The Bertz CT molecular complexity index is 163. The lowest BCUT2D eigenvalue weighted by molar-refractivity contribution is -0.135. The van der Waals surface area contributed by atoms with Crippen LogP contribution in [-0.2, 0) is 4.79 Å². The summed E-state index contributed by atoms with van der Waals surface area (Å²) < 4.78 is 0. The molecular formula is C6H10N2O2. The topological polar surface area (TPSA) is 61.7 Å². The van der Waals surface area contributed by atoms with E-state index in [-0.39, 0.29) is 6.54 Å². The third-order valence-corrected chi connectivity index (χ3v) is 0.752. The number of allylic oxidation sites excluding steroid dienone is 1. The number of carboxylic acid groups (broad SMARTS) is 1. The lowest BCUT2D eigenvalue weighted by atomic mass is 10.5. The minimum absolute atomic E-state index is 0.120. The molecule has 0 aromatic heterocycles. The van der Waals surface area contributed by atoms with Crippen molar-refractivity contribution in [2.24, 2.45) is 4.99 Å². The van der Waals surface area contributed by atoms with Gasteiger partial charge in [-0.25, -0.2) is 0 Å². The quantitative estimate of drug-likeness (QED) is 0.538. The van der Waals surface area contributed by atoms with Gasteiger partial charge in [-0.3, -0.25) is 9.79 Å². The molecule has 0 radical (unpaired) electrons. The van der Waals surface area contributed by atoms with Crippen molar-refractivity contribution < 1.29 is 9.90 Å². The average molecular weight is 142 g/mol. The molecule has 0 amide bonds. The van der Waals surface area contributed by atoms with Crippen molar-refractivity contribution in [3.63, 3.8) is 0 Å². The van der Waals surface area contributed by atoms with Crippen molar-refractivity contribution >= 4 is 12.2 Å². The Labute approximate surface area is 59.3 Å². The molecule has 0 atom stereocenters. The van der Waals surface area contributed by atoms with Crippen LogP contribution in [0.5, 0.6) is 0 Å². The molecule has 4 heteroatoms. The van der Waals surface area contributed by atoms with Gasteiger partial charge in [0.1, 0.15) is 6.54 Å². The normalized spacial score (nSPS) is 9.70. The highest BCUT2D eigenvalue weighted by molar-refractivity contribution is 5.78. The Kier molecular flexibility index (Phi) is 3.95. The first-order valence-corrected chi connectivity index (χ1v) is 2.73. The molecule has 0 aliphatic rings. The first-order valence-electron chi connectivity index (χ1n) is 2.73. The van der Waals surface area contributed by atoms with Crippen LogP contribution < -0.4 is 5.32 Å². The molecule has 56 valence electrons. The molecule has 0 heterocycles. The molecule has 0 spiro atoms. The fourth-order valence-electron chi connectivity index (χ4n) is 0.391. The molecule has 10 heavy (non-hydrogen) atoms. The first-order chi connectivity index (χ1) is 4.66. The Morgan fingerprint density at radius 3 is 2.90 bits per heavy atom. The zero-order chi connectivity index (χ0) is 7.98. The lowest BCUT2D eigenvalue weighted by Gasteiger charge is -1.98. The molecule has 0 saturated carbocycles. The molecule has 2 N–H and O–H groups in total. The predicted molar refractivity (Wildman–Crippen MR) is 39.2 cm³/mol. The van der Waals surface area contributed by atoms with E-state index in [0.717, 1.165) is 0 Å². The van der Waals surface area contributed by atoms with Gasteiger partial charge >= 0.3 is 5.97 Å². The number of carboxylic acids is 1. The molecule has 0 aromatic carbocycles. The van der Waals surface area contributed by atoms with Gasteiger partial charge in [-0.2, -0.15) is 0 Å². The zero-order valence-corrected chi connectivity index (χ0v) is 5.79. The van der Waals surface area contributed by atoms with Crippen molar-refractivity contribution in [3.05, 3.63) is 12.3 Å². The molecule has 4 nitrogen and oxygen atoms in total. The number of nitrogens with one attached hydrogen (secondary N) is 1. The zero-order valence-electron chi connectivity index (χ0n) is 5.79. The van der Waals surface area contributed by atoms with Gasteiger partial charge in [0.2, 0.25) is 0 Å². The summed E-state index contributed by atoms with van der Waals surface area (Å²) in [6.07, 6.45) is 1.46. The smallest absolute Gasteiger partial charge is 0.322 e.